The van der Waals surface area contributed by atoms with Crippen molar-refractivity contribution in [3.05, 3.63) is 29.3 Å². The van der Waals surface area contributed by atoms with Gasteiger partial charge in [0.25, 0.3) is 5.91 Å². The average Bonchev–Trinajstić information content (AvgIpc) is 3.01. The minimum atomic E-state index is -5.73. The number of fused-ring (bicyclic) bond motifs is 1. The maximum atomic E-state index is 12.9. The summed E-state index contributed by atoms with van der Waals surface area (Å²) < 4.78 is 64.0. The summed E-state index contributed by atoms with van der Waals surface area (Å²) in [4.78, 5) is 17.2. The summed E-state index contributed by atoms with van der Waals surface area (Å²) >= 11 is 0. The predicted molar refractivity (Wildman–Crippen MR) is 94.4 cm³/mol. The van der Waals surface area contributed by atoms with Crippen LogP contribution in [0, 0.1) is 0 Å². The number of nitrogens with zero attached hydrogens (tertiary/aromatic N) is 2. The molecule has 0 aromatic heterocycles. The molecule has 28 heavy (non-hydrogen) atoms. The van der Waals surface area contributed by atoms with Crippen LogP contribution in [0.3, 0.4) is 0 Å². The van der Waals surface area contributed by atoms with Crippen LogP contribution in [0.15, 0.2) is 18.2 Å². The molecule has 1 atom stereocenters. The van der Waals surface area contributed by atoms with Crippen molar-refractivity contribution in [2.24, 2.45) is 0 Å². The zero-order valence-electron chi connectivity index (χ0n) is 15.1. The smallest absolute Gasteiger partial charge is 0.376 e. The molecule has 154 valence electrons. The van der Waals surface area contributed by atoms with Crippen LogP contribution in [0.5, 0.6) is 5.75 Å². The maximum Gasteiger partial charge on any atom is 0.534 e. The number of hydrogen-bond donors (Lipinski definition) is 0. The van der Waals surface area contributed by atoms with E-state index in [2.05, 4.69) is 9.08 Å². The van der Waals surface area contributed by atoms with Crippen molar-refractivity contribution in [1.29, 1.82) is 0 Å². The summed E-state index contributed by atoms with van der Waals surface area (Å²) in [7, 11) is -5.73. The van der Waals surface area contributed by atoms with Crippen molar-refractivity contribution in [3.8, 4) is 5.75 Å². The van der Waals surface area contributed by atoms with Crippen molar-refractivity contribution in [2.75, 3.05) is 19.6 Å². The topological polar surface area (TPSA) is 66.9 Å². The van der Waals surface area contributed by atoms with Gasteiger partial charge in [0.05, 0.1) is 0 Å². The number of halogens is 3. The van der Waals surface area contributed by atoms with Crippen LogP contribution < -0.4 is 4.18 Å². The van der Waals surface area contributed by atoms with Crippen molar-refractivity contribution < 1.29 is 30.6 Å². The third kappa shape index (κ3) is 3.47. The third-order valence-electron chi connectivity index (χ3n) is 5.91. The van der Waals surface area contributed by atoms with Gasteiger partial charge in [0.2, 0.25) is 0 Å². The molecule has 1 aromatic rings. The van der Waals surface area contributed by atoms with Gasteiger partial charge in [0.15, 0.2) is 0 Å². The highest BCUT2D eigenvalue weighted by molar-refractivity contribution is 7.88. The molecule has 1 saturated heterocycles. The Morgan fingerprint density at radius 3 is 2.46 bits per heavy atom. The molecule has 2 heterocycles. The Balaban J connectivity index is 1.47. The van der Waals surface area contributed by atoms with Gasteiger partial charge in [-0.05, 0) is 49.4 Å². The zero-order valence-corrected chi connectivity index (χ0v) is 15.9. The van der Waals surface area contributed by atoms with E-state index in [0.29, 0.717) is 30.1 Å². The zero-order chi connectivity index (χ0) is 20.1. The largest absolute Gasteiger partial charge is 0.534 e. The first-order valence-corrected chi connectivity index (χ1v) is 10.8. The number of amides is 1. The second-order valence-electron chi connectivity index (χ2n) is 7.57. The molecule has 0 bridgehead atoms. The Morgan fingerprint density at radius 1 is 1.07 bits per heavy atom. The molecule has 0 N–H and O–H groups in total. The van der Waals surface area contributed by atoms with Crippen molar-refractivity contribution >= 4 is 16.0 Å². The van der Waals surface area contributed by atoms with E-state index in [9.17, 15) is 26.4 Å². The third-order valence-corrected chi connectivity index (χ3v) is 6.88. The van der Waals surface area contributed by atoms with E-state index in [1.54, 1.807) is 0 Å². The van der Waals surface area contributed by atoms with Crippen LogP contribution in [-0.4, -0.2) is 61.4 Å². The summed E-state index contributed by atoms with van der Waals surface area (Å²) in [5.41, 5.74) is -4.60. The van der Waals surface area contributed by atoms with Crippen LogP contribution in [0.25, 0.3) is 0 Å². The fraction of sp³-hybridized carbons (Fsp3) is 0.611. The number of benzene rings is 1. The maximum absolute atomic E-state index is 12.9. The van der Waals surface area contributed by atoms with Gasteiger partial charge in [-0.3, -0.25) is 9.69 Å². The molecule has 2 fully saturated rings. The van der Waals surface area contributed by atoms with Gasteiger partial charge >= 0.3 is 15.6 Å². The predicted octanol–water partition coefficient (Wildman–Crippen LogP) is 2.54. The Morgan fingerprint density at radius 2 is 1.82 bits per heavy atom. The molecule has 10 heteroatoms. The summed E-state index contributed by atoms with van der Waals surface area (Å²) in [5.74, 6) is -0.596. The molecule has 0 spiro atoms. The van der Waals surface area contributed by atoms with Crippen molar-refractivity contribution in [2.45, 2.75) is 49.7 Å². The molecule has 1 amide bonds. The minimum absolute atomic E-state index is 0.141. The summed E-state index contributed by atoms with van der Waals surface area (Å²) in [6.07, 6.45) is 5.06. The van der Waals surface area contributed by atoms with Crippen LogP contribution in [0.2, 0.25) is 0 Å². The fourth-order valence-electron chi connectivity index (χ4n) is 4.16. The highest BCUT2D eigenvalue weighted by atomic mass is 32.2. The Bertz CT molecular complexity index is 883. The number of alkyl halides is 3. The minimum Gasteiger partial charge on any atom is -0.376 e. The fourth-order valence-corrected chi connectivity index (χ4v) is 4.61. The lowest BCUT2D eigenvalue weighted by molar-refractivity contribution is -0.0500. The molecule has 0 unspecified atom stereocenters. The van der Waals surface area contributed by atoms with Crippen LogP contribution in [0.1, 0.15) is 41.6 Å². The van der Waals surface area contributed by atoms with E-state index in [1.165, 1.54) is 31.4 Å². The van der Waals surface area contributed by atoms with Gasteiger partial charge in [0, 0.05) is 37.3 Å². The molecular weight excluding hydrogens is 397 g/mol. The number of carbonyl (C=O) groups is 1. The highest BCUT2D eigenvalue weighted by Gasteiger charge is 2.48. The first-order valence-electron chi connectivity index (χ1n) is 9.34. The number of rotatable bonds is 4. The second kappa shape index (κ2) is 6.91. The number of hydrogen-bond acceptors (Lipinski definition) is 5. The molecule has 4 rings (SSSR count). The normalized spacial score (nSPS) is 24.2. The van der Waals surface area contributed by atoms with Gasteiger partial charge in [-0.1, -0.05) is 6.42 Å². The molecular formula is C18H21F3N2O4S. The molecule has 2 aliphatic heterocycles. The van der Waals surface area contributed by atoms with Gasteiger partial charge in [-0.15, -0.1) is 0 Å². The number of likely N-dealkylation sites (tertiary alicyclic amines) is 1. The Hall–Kier alpha value is -1.81. The standard InChI is InChI=1S/C18H21F3N2O4S/c19-18(20,21)28(25,26)27-15-4-5-16-12(10-15)6-9-23(17(16)24)14-7-8-22(11-14)13-2-1-3-13/h4-5,10,13-14H,1-3,6-9,11H2/t14-/m1/s1. The van der Waals surface area contributed by atoms with Crippen LogP contribution in [0.4, 0.5) is 13.2 Å². The molecule has 1 aliphatic carbocycles. The van der Waals surface area contributed by atoms with Gasteiger partial charge < -0.3 is 9.08 Å². The van der Waals surface area contributed by atoms with E-state index in [-0.39, 0.29) is 11.9 Å². The van der Waals surface area contributed by atoms with Crippen molar-refractivity contribution in [1.82, 2.24) is 9.80 Å². The summed E-state index contributed by atoms with van der Waals surface area (Å²) in [6.45, 7) is 2.30. The average molecular weight is 418 g/mol. The first kappa shape index (κ1) is 19.5. The molecule has 1 saturated carbocycles. The highest BCUT2D eigenvalue weighted by Crippen LogP contribution is 2.33. The molecule has 1 aromatic carbocycles. The lowest BCUT2D eigenvalue weighted by atomic mass is 9.92. The van der Waals surface area contributed by atoms with Crippen LogP contribution >= 0.6 is 0 Å². The van der Waals surface area contributed by atoms with Crippen LogP contribution in [-0.2, 0) is 16.5 Å². The molecule has 0 radical (unpaired) electrons. The van der Waals surface area contributed by atoms with Crippen molar-refractivity contribution in [3.63, 3.8) is 0 Å². The summed E-state index contributed by atoms with van der Waals surface area (Å²) in [5, 5.41) is 0. The Kier molecular flexibility index (Phi) is 4.81. The molecule has 3 aliphatic rings. The van der Waals surface area contributed by atoms with E-state index in [1.807, 2.05) is 4.90 Å². The first-order chi connectivity index (χ1) is 13.2. The van der Waals surface area contributed by atoms with E-state index in [0.717, 1.165) is 25.6 Å². The molecule has 6 nitrogen and oxygen atoms in total. The van der Waals surface area contributed by atoms with Gasteiger partial charge in [-0.2, -0.15) is 21.6 Å². The Labute approximate surface area is 161 Å². The lowest BCUT2D eigenvalue weighted by Crippen LogP contribution is -2.47. The van der Waals surface area contributed by atoms with E-state index >= 15 is 0 Å². The van der Waals surface area contributed by atoms with Gasteiger partial charge in [0.1, 0.15) is 5.75 Å². The van der Waals surface area contributed by atoms with E-state index in [4.69, 9.17) is 0 Å². The summed E-state index contributed by atoms with van der Waals surface area (Å²) in [6, 6.07) is 4.43. The quantitative estimate of drug-likeness (QED) is 0.555. The SMILES string of the molecule is O=C1c2ccc(OS(=O)(=O)C(F)(F)F)cc2CCN1[C@@H]1CCN(C2CCC2)C1. The second-order valence-corrected chi connectivity index (χ2v) is 9.11. The monoisotopic (exact) mass is 418 g/mol. The number of carbonyl (C=O) groups excluding carboxylic acids is 1. The van der Waals surface area contributed by atoms with E-state index < -0.39 is 21.4 Å². The lowest BCUT2D eigenvalue weighted by Gasteiger charge is -2.37. The van der Waals surface area contributed by atoms with Gasteiger partial charge in [-0.25, -0.2) is 0 Å².